The first-order valence-corrected chi connectivity index (χ1v) is 9.57. The highest BCUT2D eigenvalue weighted by Crippen LogP contribution is 2.14. The summed E-state index contributed by atoms with van der Waals surface area (Å²) in [4.78, 5) is 24.2. The molecule has 3 aromatic rings. The number of nitrogens with zero attached hydrogens (tertiary/aromatic N) is 1. The standard InChI is InChI=1S/C22H17IN2O3/c1-15-5-9-17(10-6-15)22(27)28-20-11-7-16(8-12-20)14-24-25-21(26)18-3-2-4-19(23)13-18/h2-14H,1H3,(H,25,26)/b24-14-. The van der Waals surface area contributed by atoms with E-state index in [-0.39, 0.29) is 5.91 Å². The minimum atomic E-state index is -0.411. The molecular formula is C22H17IN2O3. The molecule has 6 heteroatoms. The first-order chi connectivity index (χ1) is 13.5. The summed E-state index contributed by atoms with van der Waals surface area (Å²) >= 11 is 2.15. The van der Waals surface area contributed by atoms with Crippen molar-refractivity contribution >= 4 is 40.7 Å². The molecule has 0 saturated heterocycles. The van der Waals surface area contributed by atoms with E-state index in [1.54, 1.807) is 48.5 Å². The summed E-state index contributed by atoms with van der Waals surface area (Å²) in [5.41, 5.74) is 5.37. The second kappa shape index (κ2) is 9.27. The van der Waals surface area contributed by atoms with Crippen molar-refractivity contribution in [2.75, 3.05) is 0 Å². The maximum atomic E-state index is 12.1. The van der Waals surface area contributed by atoms with E-state index in [9.17, 15) is 9.59 Å². The molecule has 0 heterocycles. The van der Waals surface area contributed by atoms with Gasteiger partial charge in [-0.3, -0.25) is 4.79 Å². The van der Waals surface area contributed by atoms with Crippen LogP contribution >= 0.6 is 22.6 Å². The van der Waals surface area contributed by atoms with E-state index in [0.29, 0.717) is 16.9 Å². The summed E-state index contributed by atoms with van der Waals surface area (Å²) in [6.45, 7) is 1.96. The number of benzene rings is 3. The molecular weight excluding hydrogens is 467 g/mol. The van der Waals surface area contributed by atoms with Crippen molar-refractivity contribution in [3.63, 3.8) is 0 Å². The van der Waals surface area contributed by atoms with Gasteiger partial charge in [-0.25, -0.2) is 10.2 Å². The lowest BCUT2D eigenvalue weighted by Gasteiger charge is -2.05. The number of hydrogen-bond donors (Lipinski definition) is 1. The Hall–Kier alpha value is -3.00. The molecule has 0 spiro atoms. The third kappa shape index (κ3) is 5.50. The molecule has 0 aliphatic carbocycles. The minimum Gasteiger partial charge on any atom is -0.423 e. The highest BCUT2D eigenvalue weighted by Gasteiger charge is 2.08. The third-order valence-electron chi connectivity index (χ3n) is 3.84. The van der Waals surface area contributed by atoms with Crippen molar-refractivity contribution in [1.82, 2.24) is 5.43 Å². The van der Waals surface area contributed by atoms with Gasteiger partial charge in [-0.05, 0) is 89.7 Å². The molecule has 0 fully saturated rings. The topological polar surface area (TPSA) is 67.8 Å². The summed E-state index contributed by atoms with van der Waals surface area (Å²) in [5.74, 6) is -0.254. The summed E-state index contributed by atoms with van der Waals surface area (Å²) < 4.78 is 6.33. The van der Waals surface area contributed by atoms with Gasteiger partial charge in [0.15, 0.2) is 0 Å². The first kappa shape index (κ1) is 19.8. The van der Waals surface area contributed by atoms with Gasteiger partial charge >= 0.3 is 5.97 Å². The number of ether oxygens (including phenoxy) is 1. The molecule has 5 nitrogen and oxygen atoms in total. The number of hydrazone groups is 1. The Labute approximate surface area is 176 Å². The van der Waals surface area contributed by atoms with Crippen LogP contribution in [0.25, 0.3) is 0 Å². The predicted molar refractivity (Wildman–Crippen MR) is 117 cm³/mol. The maximum Gasteiger partial charge on any atom is 0.343 e. The molecule has 0 aromatic heterocycles. The Kier molecular flexibility index (Phi) is 6.54. The SMILES string of the molecule is Cc1ccc(C(=O)Oc2ccc(/C=N\NC(=O)c3cccc(I)c3)cc2)cc1. The minimum absolute atomic E-state index is 0.279. The van der Waals surface area contributed by atoms with Gasteiger partial charge in [0.1, 0.15) is 5.75 Å². The normalized spacial score (nSPS) is 10.6. The number of hydrogen-bond acceptors (Lipinski definition) is 4. The zero-order valence-corrected chi connectivity index (χ0v) is 17.2. The van der Waals surface area contributed by atoms with Crippen LogP contribution in [0.1, 0.15) is 31.8 Å². The van der Waals surface area contributed by atoms with E-state index < -0.39 is 5.97 Å². The average molecular weight is 484 g/mol. The number of carbonyl (C=O) groups is 2. The van der Waals surface area contributed by atoms with E-state index in [1.807, 2.05) is 31.2 Å². The molecule has 1 N–H and O–H groups in total. The maximum absolute atomic E-state index is 12.1. The Morgan fingerprint density at radius 3 is 2.36 bits per heavy atom. The van der Waals surface area contributed by atoms with Crippen molar-refractivity contribution < 1.29 is 14.3 Å². The molecule has 0 radical (unpaired) electrons. The number of halogens is 1. The van der Waals surface area contributed by atoms with Crippen LogP contribution in [-0.4, -0.2) is 18.1 Å². The first-order valence-electron chi connectivity index (χ1n) is 8.49. The van der Waals surface area contributed by atoms with Crippen LogP contribution in [0.4, 0.5) is 0 Å². The van der Waals surface area contributed by atoms with Gasteiger partial charge in [0.2, 0.25) is 0 Å². The molecule has 0 aliphatic heterocycles. The Balaban J connectivity index is 1.56. The Morgan fingerprint density at radius 2 is 1.68 bits per heavy atom. The van der Waals surface area contributed by atoms with Crippen molar-refractivity contribution in [2.24, 2.45) is 5.10 Å². The van der Waals surface area contributed by atoms with E-state index in [1.165, 1.54) is 6.21 Å². The van der Waals surface area contributed by atoms with Gasteiger partial charge in [-0.15, -0.1) is 0 Å². The van der Waals surface area contributed by atoms with Gasteiger partial charge in [0, 0.05) is 9.13 Å². The van der Waals surface area contributed by atoms with E-state index >= 15 is 0 Å². The van der Waals surface area contributed by atoms with Crippen molar-refractivity contribution in [2.45, 2.75) is 6.92 Å². The van der Waals surface area contributed by atoms with Crippen LogP contribution in [0.3, 0.4) is 0 Å². The van der Waals surface area contributed by atoms with Gasteiger partial charge < -0.3 is 4.74 Å². The molecule has 0 unspecified atom stereocenters. The van der Waals surface area contributed by atoms with Crippen LogP contribution in [-0.2, 0) is 0 Å². The summed E-state index contributed by atoms with van der Waals surface area (Å²) in [5, 5.41) is 3.96. The van der Waals surface area contributed by atoms with E-state index in [0.717, 1.165) is 14.7 Å². The van der Waals surface area contributed by atoms with Gasteiger partial charge in [-0.1, -0.05) is 23.8 Å². The molecule has 28 heavy (non-hydrogen) atoms. The van der Waals surface area contributed by atoms with Gasteiger partial charge in [0.05, 0.1) is 11.8 Å². The molecule has 140 valence electrons. The highest BCUT2D eigenvalue weighted by molar-refractivity contribution is 14.1. The van der Waals surface area contributed by atoms with Crippen molar-refractivity contribution in [3.05, 3.63) is 98.6 Å². The number of aryl methyl sites for hydroxylation is 1. The molecule has 3 aromatic carbocycles. The number of nitrogens with one attached hydrogen (secondary N) is 1. The van der Waals surface area contributed by atoms with Crippen molar-refractivity contribution in [1.29, 1.82) is 0 Å². The van der Waals surface area contributed by atoms with Gasteiger partial charge in [0.25, 0.3) is 5.91 Å². The van der Waals surface area contributed by atoms with Crippen LogP contribution in [0.15, 0.2) is 77.9 Å². The fourth-order valence-electron chi connectivity index (χ4n) is 2.34. The van der Waals surface area contributed by atoms with E-state index in [4.69, 9.17) is 4.74 Å². The quantitative estimate of drug-likeness (QED) is 0.190. The number of carbonyl (C=O) groups excluding carboxylic acids is 2. The lowest BCUT2D eigenvalue weighted by atomic mass is 10.1. The Morgan fingerprint density at radius 1 is 0.964 bits per heavy atom. The van der Waals surface area contributed by atoms with Crippen LogP contribution in [0, 0.1) is 10.5 Å². The van der Waals surface area contributed by atoms with Crippen LogP contribution < -0.4 is 10.2 Å². The molecule has 0 saturated carbocycles. The fourth-order valence-corrected chi connectivity index (χ4v) is 2.88. The monoisotopic (exact) mass is 484 g/mol. The predicted octanol–water partition coefficient (Wildman–Crippen LogP) is 4.58. The smallest absolute Gasteiger partial charge is 0.343 e. The fraction of sp³-hybridized carbons (Fsp3) is 0.0455. The molecule has 3 rings (SSSR count). The van der Waals surface area contributed by atoms with Crippen LogP contribution in [0.2, 0.25) is 0 Å². The largest absolute Gasteiger partial charge is 0.423 e. The number of esters is 1. The molecule has 0 bridgehead atoms. The average Bonchev–Trinajstić information content (AvgIpc) is 2.69. The van der Waals surface area contributed by atoms with Crippen molar-refractivity contribution in [3.8, 4) is 5.75 Å². The van der Waals surface area contributed by atoms with Crippen LogP contribution in [0.5, 0.6) is 5.75 Å². The Bertz CT molecular complexity index is 1010. The zero-order chi connectivity index (χ0) is 19.9. The summed E-state index contributed by atoms with van der Waals surface area (Å²) in [6, 6.07) is 21.3. The van der Waals surface area contributed by atoms with E-state index in [2.05, 4.69) is 33.1 Å². The second-order valence-corrected chi connectivity index (χ2v) is 7.28. The second-order valence-electron chi connectivity index (χ2n) is 6.03. The lowest BCUT2D eigenvalue weighted by molar-refractivity contribution is 0.0734. The molecule has 0 aliphatic rings. The number of rotatable bonds is 5. The summed E-state index contributed by atoms with van der Waals surface area (Å²) in [6.07, 6.45) is 1.53. The highest BCUT2D eigenvalue weighted by atomic mass is 127. The number of amides is 1. The summed E-state index contributed by atoms with van der Waals surface area (Å²) in [7, 11) is 0. The lowest BCUT2D eigenvalue weighted by Crippen LogP contribution is -2.17. The zero-order valence-electron chi connectivity index (χ0n) is 15.1. The molecule has 0 atom stereocenters. The molecule has 1 amide bonds. The van der Waals surface area contributed by atoms with Gasteiger partial charge in [-0.2, -0.15) is 5.10 Å². The third-order valence-corrected chi connectivity index (χ3v) is 4.52.